The van der Waals surface area contributed by atoms with E-state index in [2.05, 4.69) is 36.2 Å². The molecule has 2 aromatic carbocycles. The molecule has 1 atom stereocenters. The number of anilines is 1. The molecule has 170 valence electrons. The number of nitrogens with zero attached hydrogens (tertiary/aromatic N) is 4. The highest BCUT2D eigenvalue weighted by molar-refractivity contribution is 8.14. The molecule has 0 saturated carbocycles. The van der Waals surface area contributed by atoms with E-state index in [4.69, 9.17) is 14.1 Å². The highest BCUT2D eigenvalue weighted by Crippen LogP contribution is 2.37. The smallest absolute Gasteiger partial charge is 0.283 e. The summed E-state index contributed by atoms with van der Waals surface area (Å²) in [5.74, 6) is 1.88. The Bertz CT molecular complexity index is 1210. The van der Waals surface area contributed by atoms with Gasteiger partial charge in [0.15, 0.2) is 5.17 Å². The number of hydrogen-bond donors (Lipinski definition) is 0. The number of aliphatic imine (C=N–C) groups is 1. The van der Waals surface area contributed by atoms with Crippen molar-refractivity contribution in [2.24, 2.45) is 4.99 Å². The highest BCUT2D eigenvalue weighted by Gasteiger charge is 2.34. The van der Waals surface area contributed by atoms with E-state index in [1.807, 2.05) is 49.4 Å². The van der Waals surface area contributed by atoms with E-state index in [0.29, 0.717) is 40.0 Å². The standard InChI is InChI=1S/C25H26N4O3S/c1-15(2)19-11-9-18(10-12-19)13-22-24(30)29(20-7-6-8-21(14-20)31-5)25(26-22)33-16(3)23-28-27-17(4)32-23/h6-16H,1-5H3/b22-13-. The molecule has 1 aromatic heterocycles. The van der Waals surface area contributed by atoms with Gasteiger partial charge in [0, 0.05) is 13.0 Å². The van der Waals surface area contributed by atoms with Gasteiger partial charge < -0.3 is 9.15 Å². The first kappa shape index (κ1) is 22.8. The van der Waals surface area contributed by atoms with Crippen LogP contribution in [-0.2, 0) is 4.79 Å². The SMILES string of the molecule is COc1cccc(N2C(=O)/C(=C/c3ccc(C(C)C)cc3)N=C2SC(C)c2nnc(C)o2)c1. The van der Waals surface area contributed by atoms with Crippen molar-refractivity contribution in [2.45, 2.75) is 38.9 Å². The second kappa shape index (κ2) is 9.62. The summed E-state index contributed by atoms with van der Waals surface area (Å²) in [4.78, 5) is 19.7. The van der Waals surface area contributed by atoms with Gasteiger partial charge >= 0.3 is 0 Å². The van der Waals surface area contributed by atoms with Crippen molar-refractivity contribution >= 4 is 34.6 Å². The first-order valence-corrected chi connectivity index (χ1v) is 11.6. The van der Waals surface area contributed by atoms with Crippen LogP contribution >= 0.6 is 11.8 Å². The van der Waals surface area contributed by atoms with E-state index < -0.39 is 0 Å². The third kappa shape index (κ3) is 5.01. The van der Waals surface area contributed by atoms with Crippen molar-refractivity contribution in [3.8, 4) is 5.75 Å². The van der Waals surface area contributed by atoms with Crippen molar-refractivity contribution in [1.29, 1.82) is 0 Å². The largest absolute Gasteiger partial charge is 0.497 e. The summed E-state index contributed by atoms with van der Waals surface area (Å²) in [6.45, 7) is 8.00. The van der Waals surface area contributed by atoms with Crippen molar-refractivity contribution in [2.75, 3.05) is 12.0 Å². The van der Waals surface area contributed by atoms with Gasteiger partial charge in [0.1, 0.15) is 11.4 Å². The Balaban J connectivity index is 1.69. The quantitative estimate of drug-likeness (QED) is 0.434. The zero-order valence-corrected chi connectivity index (χ0v) is 20.1. The van der Waals surface area contributed by atoms with Crippen LogP contribution in [0.3, 0.4) is 0 Å². The number of rotatable bonds is 6. The van der Waals surface area contributed by atoms with Gasteiger partial charge in [-0.1, -0.05) is 55.9 Å². The van der Waals surface area contributed by atoms with Crippen LogP contribution in [0, 0.1) is 6.92 Å². The number of amidine groups is 1. The summed E-state index contributed by atoms with van der Waals surface area (Å²) >= 11 is 1.39. The van der Waals surface area contributed by atoms with Gasteiger partial charge in [-0.2, -0.15) is 0 Å². The van der Waals surface area contributed by atoms with Crippen molar-refractivity contribution in [1.82, 2.24) is 10.2 Å². The number of carbonyl (C=O) groups excluding carboxylic acids is 1. The topological polar surface area (TPSA) is 80.8 Å². The molecule has 0 N–H and O–H groups in total. The number of aryl methyl sites for hydroxylation is 1. The lowest BCUT2D eigenvalue weighted by molar-refractivity contribution is -0.113. The number of ether oxygens (including phenoxy) is 1. The number of methoxy groups -OCH3 is 1. The average Bonchev–Trinajstić information content (AvgIpc) is 3.37. The van der Waals surface area contributed by atoms with Gasteiger partial charge in [0.05, 0.1) is 18.0 Å². The molecule has 33 heavy (non-hydrogen) atoms. The van der Waals surface area contributed by atoms with Gasteiger partial charge in [-0.15, -0.1) is 10.2 Å². The predicted octanol–water partition coefficient (Wildman–Crippen LogP) is 5.75. The zero-order valence-electron chi connectivity index (χ0n) is 19.3. The Morgan fingerprint density at radius 3 is 2.48 bits per heavy atom. The molecule has 2 heterocycles. The molecule has 0 radical (unpaired) electrons. The maximum atomic E-state index is 13.5. The number of aromatic nitrogens is 2. The summed E-state index contributed by atoms with van der Waals surface area (Å²) in [5.41, 5.74) is 3.21. The van der Waals surface area contributed by atoms with Crippen molar-refractivity contribution < 1.29 is 13.9 Å². The molecule has 1 aliphatic heterocycles. The molecular weight excluding hydrogens is 436 g/mol. The third-order valence-corrected chi connectivity index (χ3v) is 6.26. The Hall–Kier alpha value is -3.39. The molecule has 1 aliphatic rings. The monoisotopic (exact) mass is 462 g/mol. The van der Waals surface area contributed by atoms with Crippen molar-refractivity contribution in [3.05, 3.63) is 77.1 Å². The molecule has 8 heteroatoms. The van der Waals surface area contributed by atoms with E-state index in [1.165, 1.54) is 17.3 Å². The molecule has 0 saturated heterocycles. The normalized spacial score (nSPS) is 15.9. The molecule has 7 nitrogen and oxygen atoms in total. The second-order valence-corrected chi connectivity index (χ2v) is 9.31. The fourth-order valence-corrected chi connectivity index (χ4v) is 4.33. The van der Waals surface area contributed by atoms with E-state index in [-0.39, 0.29) is 11.2 Å². The predicted molar refractivity (Wildman–Crippen MR) is 131 cm³/mol. The number of thioether (sulfide) groups is 1. The maximum absolute atomic E-state index is 13.5. The summed E-state index contributed by atoms with van der Waals surface area (Å²) in [7, 11) is 1.60. The van der Waals surface area contributed by atoms with Crippen LogP contribution in [0.1, 0.15) is 54.8 Å². The average molecular weight is 463 g/mol. The number of hydrogen-bond acceptors (Lipinski definition) is 7. The molecule has 0 bridgehead atoms. The van der Waals surface area contributed by atoms with Gasteiger partial charge in [-0.05, 0) is 42.2 Å². The summed E-state index contributed by atoms with van der Waals surface area (Å²) < 4.78 is 10.9. The number of amides is 1. The Kier molecular flexibility index (Phi) is 6.65. The van der Waals surface area contributed by atoms with Crippen LogP contribution in [0.5, 0.6) is 5.75 Å². The maximum Gasteiger partial charge on any atom is 0.283 e. The van der Waals surface area contributed by atoms with Crippen LogP contribution in [0.25, 0.3) is 6.08 Å². The number of carbonyl (C=O) groups is 1. The van der Waals surface area contributed by atoms with Crippen molar-refractivity contribution in [3.63, 3.8) is 0 Å². The fourth-order valence-electron chi connectivity index (χ4n) is 3.37. The Morgan fingerprint density at radius 2 is 1.85 bits per heavy atom. The van der Waals surface area contributed by atoms with Gasteiger partial charge in [0.25, 0.3) is 5.91 Å². The van der Waals surface area contributed by atoms with Gasteiger partial charge in [-0.3, -0.25) is 9.69 Å². The van der Waals surface area contributed by atoms with E-state index in [9.17, 15) is 4.79 Å². The molecule has 0 fully saturated rings. The summed E-state index contributed by atoms with van der Waals surface area (Å²) in [5, 5.41) is 8.38. The Labute approximate surface area is 197 Å². The minimum atomic E-state index is -0.201. The lowest BCUT2D eigenvalue weighted by Gasteiger charge is -2.19. The molecule has 1 amide bonds. The first-order valence-electron chi connectivity index (χ1n) is 10.7. The van der Waals surface area contributed by atoms with Crippen LogP contribution < -0.4 is 9.64 Å². The molecule has 1 unspecified atom stereocenters. The lowest BCUT2D eigenvalue weighted by atomic mass is 10.0. The van der Waals surface area contributed by atoms with E-state index >= 15 is 0 Å². The zero-order chi connectivity index (χ0) is 23.5. The Morgan fingerprint density at radius 1 is 1.09 bits per heavy atom. The highest BCUT2D eigenvalue weighted by atomic mass is 32.2. The van der Waals surface area contributed by atoms with E-state index in [0.717, 1.165) is 5.56 Å². The van der Waals surface area contributed by atoms with E-state index in [1.54, 1.807) is 18.9 Å². The third-order valence-electron chi connectivity index (χ3n) is 5.22. The van der Waals surface area contributed by atoms with Crippen LogP contribution in [0.2, 0.25) is 0 Å². The van der Waals surface area contributed by atoms with Crippen LogP contribution in [-0.4, -0.2) is 28.4 Å². The minimum absolute atomic E-state index is 0.185. The van der Waals surface area contributed by atoms with Gasteiger partial charge in [0.2, 0.25) is 11.8 Å². The van der Waals surface area contributed by atoms with Crippen LogP contribution in [0.15, 0.2) is 63.6 Å². The molecule has 0 aliphatic carbocycles. The lowest BCUT2D eigenvalue weighted by Crippen LogP contribution is -2.30. The van der Waals surface area contributed by atoms with Gasteiger partial charge in [-0.25, -0.2) is 4.99 Å². The summed E-state index contributed by atoms with van der Waals surface area (Å²) in [6, 6.07) is 15.5. The summed E-state index contributed by atoms with van der Waals surface area (Å²) in [6.07, 6.45) is 1.81. The van der Waals surface area contributed by atoms with Crippen LogP contribution in [0.4, 0.5) is 5.69 Å². The first-order chi connectivity index (χ1) is 15.9. The molecule has 0 spiro atoms. The molecule has 3 aromatic rings. The second-order valence-electron chi connectivity index (χ2n) is 8.01. The molecular formula is C25H26N4O3S. The minimum Gasteiger partial charge on any atom is -0.497 e. The number of benzene rings is 2. The fraction of sp³-hybridized carbons (Fsp3) is 0.280. The molecule has 4 rings (SSSR count).